The lowest BCUT2D eigenvalue weighted by Crippen LogP contribution is -2.54. The average Bonchev–Trinajstić information content (AvgIpc) is 2.57. The molecule has 1 atom stereocenters. The molecule has 8 heteroatoms. The van der Waals surface area contributed by atoms with Crippen molar-refractivity contribution in [3.63, 3.8) is 0 Å². The van der Waals surface area contributed by atoms with Gasteiger partial charge >= 0.3 is 6.03 Å². The number of benzene rings is 1. The Morgan fingerprint density at radius 3 is 2.52 bits per heavy atom. The molecule has 0 unspecified atom stereocenters. The van der Waals surface area contributed by atoms with Crippen molar-refractivity contribution in [1.82, 2.24) is 15.1 Å². The Bertz CT molecular complexity index is 694. The van der Waals surface area contributed by atoms with E-state index in [4.69, 9.17) is 0 Å². The highest BCUT2D eigenvalue weighted by atomic mass is 32.2. The maximum Gasteiger partial charge on any atom is 0.317 e. The second kappa shape index (κ2) is 7.70. The number of hydrogen-bond donors (Lipinski definition) is 1. The van der Waals surface area contributed by atoms with Crippen LogP contribution >= 0.6 is 0 Å². The molecule has 2 saturated heterocycles. The zero-order chi connectivity index (χ0) is 17.9. The van der Waals surface area contributed by atoms with Crippen molar-refractivity contribution in [2.75, 3.05) is 37.7 Å². The average molecular weight is 369 g/mol. The summed E-state index contributed by atoms with van der Waals surface area (Å²) >= 11 is 0. The molecule has 2 aliphatic heterocycles. The Labute approximate surface area is 147 Å². The van der Waals surface area contributed by atoms with Crippen LogP contribution in [0.2, 0.25) is 0 Å². The molecular weight excluding hydrogens is 345 g/mol. The second-order valence-electron chi connectivity index (χ2n) is 6.79. The normalized spacial score (nSPS) is 24.0. The van der Waals surface area contributed by atoms with Gasteiger partial charge in [-0.3, -0.25) is 4.90 Å². The van der Waals surface area contributed by atoms with Gasteiger partial charge in [-0.05, 0) is 37.1 Å². The summed E-state index contributed by atoms with van der Waals surface area (Å²) in [4.78, 5) is 16.2. The van der Waals surface area contributed by atoms with Crippen LogP contribution in [0.15, 0.2) is 24.3 Å². The molecular formula is C17H24FN3O3S. The molecule has 138 valence electrons. The third-order valence-electron chi connectivity index (χ3n) is 4.78. The van der Waals surface area contributed by atoms with Crippen molar-refractivity contribution in [3.05, 3.63) is 35.6 Å². The van der Waals surface area contributed by atoms with E-state index in [1.807, 2.05) is 0 Å². The predicted octanol–water partition coefficient (Wildman–Crippen LogP) is 1.23. The van der Waals surface area contributed by atoms with Crippen molar-refractivity contribution in [2.24, 2.45) is 0 Å². The van der Waals surface area contributed by atoms with E-state index in [1.54, 1.807) is 17.0 Å². The van der Waals surface area contributed by atoms with E-state index in [2.05, 4.69) is 10.2 Å². The topological polar surface area (TPSA) is 69.7 Å². The Balaban J connectivity index is 1.49. The number of nitrogens with zero attached hydrogens (tertiary/aromatic N) is 2. The molecule has 1 aromatic carbocycles. The maximum absolute atomic E-state index is 13.0. The highest BCUT2D eigenvalue weighted by molar-refractivity contribution is 7.91. The third kappa shape index (κ3) is 5.15. The summed E-state index contributed by atoms with van der Waals surface area (Å²) < 4.78 is 35.9. The lowest BCUT2D eigenvalue weighted by molar-refractivity contribution is 0.165. The van der Waals surface area contributed by atoms with E-state index in [0.29, 0.717) is 0 Å². The van der Waals surface area contributed by atoms with Crippen molar-refractivity contribution >= 4 is 15.9 Å². The monoisotopic (exact) mass is 369 g/mol. The molecule has 0 bridgehead atoms. The number of sulfone groups is 1. The zero-order valence-corrected chi connectivity index (χ0v) is 15.0. The van der Waals surface area contributed by atoms with E-state index < -0.39 is 9.84 Å². The molecule has 0 radical (unpaired) electrons. The molecule has 3 rings (SSSR count). The highest BCUT2D eigenvalue weighted by Gasteiger charge is 2.27. The quantitative estimate of drug-likeness (QED) is 0.870. The predicted molar refractivity (Wildman–Crippen MR) is 93.5 cm³/mol. The molecule has 0 aromatic heterocycles. The van der Waals surface area contributed by atoms with Gasteiger partial charge in [-0.25, -0.2) is 17.6 Å². The number of urea groups is 1. The third-order valence-corrected chi connectivity index (χ3v) is 6.39. The molecule has 25 heavy (non-hydrogen) atoms. The van der Waals surface area contributed by atoms with Crippen LogP contribution < -0.4 is 5.32 Å². The fourth-order valence-electron chi connectivity index (χ4n) is 3.35. The van der Waals surface area contributed by atoms with E-state index in [9.17, 15) is 17.6 Å². The van der Waals surface area contributed by atoms with Gasteiger partial charge in [0.15, 0.2) is 9.84 Å². The van der Waals surface area contributed by atoms with Gasteiger partial charge in [0.05, 0.1) is 11.5 Å². The standard InChI is InChI=1S/C17H24FN3O3S/c18-15-5-3-14(4-6-15)12-20-7-1-2-16(13-20)19-17(22)21-8-10-25(23,24)11-9-21/h3-6,16H,1-2,7-13H2,(H,19,22)/t16-/m0/s1. The summed E-state index contributed by atoms with van der Waals surface area (Å²) in [5, 5.41) is 3.03. The van der Waals surface area contributed by atoms with Crippen molar-refractivity contribution in [2.45, 2.75) is 25.4 Å². The summed E-state index contributed by atoms with van der Waals surface area (Å²) in [6.07, 6.45) is 1.90. The molecule has 0 aliphatic carbocycles. The van der Waals surface area contributed by atoms with Gasteiger partial charge in [-0.15, -0.1) is 0 Å². The summed E-state index contributed by atoms with van der Waals surface area (Å²) in [5.74, 6) is -0.153. The van der Waals surface area contributed by atoms with Crippen LogP contribution in [0.25, 0.3) is 0 Å². The summed E-state index contributed by atoms with van der Waals surface area (Å²) in [7, 11) is -2.99. The lowest BCUT2D eigenvalue weighted by Gasteiger charge is -2.35. The number of hydrogen-bond acceptors (Lipinski definition) is 4. The Kier molecular flexibility index (Phi) is 5.58. The molecule has 6 nitrogen and oxygen atoms in total. The number of piperidine rings is 1. The Morgan fingerprint density at radius 2 is 1.84 bits per heavy atom. The van der Waals surface area contributed by atoms with E-state index in [0.717, 1.165) is 38.0 Å². The van der Waals surface area contributed by atoms with Crippen LogP contribution in [0.1, 0.15) is 18.4 Å². The van der Waals surface area contributed by atoms with Gasteiger partial charge < -0.3 is 10.2 Å². The number of carbonyl (C=O) groups is 1. The van der Waals surface area contributed by atoms with Gasteiger partial charge in [0.25, 0.3) is 0 Å². The number of nitrogens with one attached hydrogen (secondary N) is 1. The number of carbonyl (C=O) groups excluding carboxylic acids is 1. The van der Waals surface area contributed by atoms with E-state index in [1.165, 1.54) is 12.1 Å². The van der Waals surface area contributed by atoms with Crippen molar-refractivity contribution < 1.29 is 17.6 Å². The summed E-state index contributed by atoms with van der Waals surface area (Å²) in [5.41, 5.74) is 1.05. The van der Waals surface area contributed by atoms with Crippen LogP contribution in [-0.4, -0.2) is 68.0 Å². The molecule has 0 saturated carbocycles. The second-order valence-corrected chi connectivity index (χ2v) is 9.09. The van der Waals surface area contributed by atoms with Gasteiger partial charge in [-0.1, -0.05) is 12.1 Å². The largest absolute Gasteiger partial charge is 0.334 e. The van der Waals surface area contributed by atoms with Crippen LogP contribution in [0.5, 0.6) is 0 Å². The summed E-state index contributed by atoms with van der Waals surface area (Å²) in [6, 6.07) is 6.37. The molecule has 2 heterocycles. The smallest absolute Gasteiger partial charge is 0.317 e. The first kappa shape index (κ1) is 18.1. The molecule has 2 fully saturated rings. The first-order chi connectivity index (χ1) is 11.9. The number of likely N-dealkylation sites (tertiary alicyclic amines) is 1. The molecule has 1 aromatic rings. The van der Waals surface area contributed by atoms with Gasteiger partial charge in [-0.2, -0.15) is 0 Å². The van der Waals surface area contributed by atoms with Crippen LogP contribution in [0, 0.1) is 5.82 Å². The molecule has 1 N–H and O–H groups in total. The zero-order valence-electron chi connectivity index (χ0n) is 14.2. The Morgan fingerprint density at radius 1 is 1.16 bits per heavy atom. The first-order valence-corrected chi connectivity index (χ1v) is 10.5. The van der Waals surface area contributed by atoms with Gasteiger partial charge in [0.1, 0.15) is 5.82 Å². The summed E-state index contributed by atoms with van der Waals surface area (Å²) in [6.45, 7) is 2.95. The highest BCUT2D eigenvalue weighted by Crippen LogP contribution is 2.15. The number of halogens is 1. The van der Waals surface area contributed by atoms with Gasteiger partial charge in [0, 0.05) is 32.2 Å². The molecule has 2 amide bonds. The SMILES string of the molecule is O=C(N[C@H]1CCCN(Cc2ccc(F)cc2)C1)N1CCS(=O)(=O)CC1. The first-order valence-electron chi connectivity index (χ1n) is 8.64. The van der Waals surface area contributed by atoms with Crippen LogP contribution in [0.3, 0.4) is 0 Å². The molecule has 2 aliphatic rings. The van der Waals surface area contributed by atoms with Crippen molar-refractivity contribution in [1.29, 1.82) is 0 Å². The lowest BCUT2D eigenvalue weighted by atomic mass is 10.0. The van der Waals surface area contributed by atoms with Crippen LogP contribution in [0.4, 0.5) is 9.18 Å². The minimum atomic E-state index is -2.99. The van der Waals surface area contributed by atoms with Gasteiger partial charge in [0.2, 0.25) is 0 Å². The fourth-order valence-corrected chi connectivity index (χ4v) is 4.55. The molecule has 0 spiro atoms. The fraction of sp³-hybridized carbons (Fsp3) is 0.588. The number of rotatable bonds is 3. The van der Waals surface area contributed by atoms with Crippen LogP contribution in [-0.2, 0) is 16.4 Å². The Hall–Kier alpha value is -1.67. The number of amides is 2. The van der Waals surface area contributed by atoms with E-state index in [-0.39, 0.29) is 42.5 Å². The van der Waals surface area contributed by atoms with Crippen molar-refractivity contribution in [3.8, 4) is 0 Å². The minimum absolute atomic E-state index is 0.0434. The van der Waals surface area contributed by atoms with E-state index >= 15 is 0 Å². The maximum atomic E-state index is 13.0. The minimum Gasteiger partial charge on any atom is -0.334 e.